The number of nitrogens with one attached hydrogen (secondary N) is 1. The quantitative estimate of drug-likeness (QED) is 0.585. The van der Waals surface area contributed by atoms with E-state index in [0.29, 0.717) is 29.6 Å². The standard InChI is InChI=1S/C19H15N7O/c1-2-27-16-7-5-14(6-8-16)23-19-24-18-17(21-9-10-26(18)25-19)13-3-4-15(11-20)22-12-13/h3-10,12H,2H2,1H3,(H,23,25). The molecule has 8 nitrogen and oxygen atoms in total. The van der Waals surface area contributed by atoms with Gasteiger partial charge in [0.25, 0.3) is 0 Å². The lowest BCUT2D eigenvalue weighted by atomic mass is 10.2. The monoisotopic (exact) mass is 357 g/mol. The predicted octanol–water partition coefficient (Wildman–Crippen LogP) is 3.20. The number of aromatic nitrogens is 5. The highest BCUT2D eigenvalue weighted by Gasteiger charge is 2.12. The normalized spacial score (nSPS) is 10.5. The van der Waals surface area contributed by atoms with Crippen LogP contribution in [0.2, 0.25) is 0 Å². The molecule has 132 valence electrons. The molecule has 1 N–H and O–H groups in total. The Bertz CT molecular complexity index is 1110. The fraction of sp³-hybridized carbons (Fsp3) is 0.105. The fourth-order valence-electron chi connectivity index (χ4n) is 2.60. The maximum Gasteiger partial charge on any atom is 0.247 e. The zero-order valence-electron chi connectivity index (χ0n) is 14.5. The molecule has 0 aliphatic heterocycles. The molecule has 0 saturated carbocycles. The smallest absolute Gasteiger partial charge is 0.247 e. The van der Waals surface area contributed by atoms with E-state index < -0.39 is 0 Å². The minimum absolute atomic E-state index is 0.352. The second-order valence-electron chi connectivity index (χ2n) is 5.61. The van der Waals surface area contributed by atoms with Crippen LogP contribution in [0.3, 0.4) is 0 Å². The Labute approximate surface area is 155 Å². The zero-order valence-corrected chi connectivity index (χ0v) is 14.5. The second-order valence-corrected chi connectivity index (χ2v) is 5.61. The van der Waals surface area contributed by atoms with Crippen LogP contribution in [0.5, 0.6) is 5.75 Å². The molecule has 4 rings (SSSR count). The van der Waals surface area contributed by atoms with Gasteiger partial charge in [-0.2, -0.15) is 10.2 Å². The number of nitriles is 1. The lowest BCUT2D eigenvalue weighted by Gasteiger charge is -2.04. The Morgan fingerprint density at radius 2 is 2.00 bits per heavy atom. The van der Waals surface area contributed by atoms with Crippen LogP contribution >= 0.6 is 0 Å². The van der Waals surface area contributed by atoms with Crippen molar-refractivity contribution in [1.82, 2.24) is 24.6 Å². The van der Waals surface area contributed by atoms with E-state index in [9.17, 15) is 0 Å². The molecule has 0 saturated heterocycles. The third-order valence-corrected chi connectivity index (χ3v) is 3.83. The topological polar surface area (TPSA) is 101 Å². The van der Waals surface area contributed by atoms with Crippen molar-refractivity contribution in [3.63, 3.8) is 0 Å². The largest absolute Gasteiger partial charge is 0.494 e. The first-order valence-corrected chi connectivity index (χ1v) is 8.34. The van der Waals surface area contributed by atoms with Crippen LogP contribution in [0.15, 0.2) is 55.0 Å². The van der Waals surface area contributed by atoms with E-state index in [1.165, 1.54) is 0 Å². The Hall–Kier alpha value is -3.99. The summed E-state index contributed by atoms with van der Waals surface area (Å²) < 4.78 is 7.09. The van der Waals surface area contributed by atoms with Crippen LogP contribution in [-0.2, 0) is 0 Å². The molecule has 0 bridgehead atoms. The fourth-order valence-corrected chi connectivity index (χ4v) is 2.60. The van der Waals surface area contributed by atoms with Gasteiger partial charge in [-0.3, -0.25) is 4.98 Å². The molecule has 0 unspecified atom stereocenters. The number of anilines is 2. The first-order valence-electron chi connectivity index (χ1n) is 8.34. The van der Waals surface area contributed by atoms with Crippen LogP contribution in [0.4, 0.5) is 11.6 Å². The maximum atomic E-state index is 8.89. The van der Waals surface area contributed by atoms with Gasteiger partial charge in [-0.25, -0.2) is 9.50 Å². The molecular weight excluding hydrogens is 342 g/mol. The molecule has 3 heterocycles. The van der Waals surface area contributed by atoms with Crippen molar-refractivity contribution in [3.05, 3.63) is 60.7 Å². The number of fused-ring (bicyclic) bond motifs is 1. The minimum Gasteiger partial charge on any atom is -0.494 e. The third-order valence-electron chi connectivity index (χ3n) is 3.83. The molecule has 0 aliphatic carbocycles. The van der Waals surface area contributed by atoms with Crippen LogP contribution < -0.4 is 10.1 Å². The van der Waals surface area contributed by atoms with Crippen molar-refractivity contribution in [2.45, 2.75) is 6.92 Å². The molecule has 0 atom stereocenters. The number of rotatable bonds is 5. The van der Waals surface area contributed by atoms with E-state index in [0.717, 1.165) is 17.0 Å². The van der Waals surface area contributed by atoms with E-state index in [1.54, 1.807) is 35.2 Å². The molecular formula is C19H15N7O. The Morgan fingerprint density at radius 1 is 1.15 bits per heavy atom. The van der Waals surface area contributed by atoms with Crippen molar-refractivity contribution in [2.75, 3.05) is 11.9 Å². The van der Waals surface area contributed by atoms with E-state index in [4.69, 9.17) is 10.00 Å². The molecule has 0 radical (unpaired) electrons. The van der Waals surface area contributed by atoms with Crippen LogP contribution in [0.1, 0.15) is 12.6 Å². The third kappa shape index (κ3) is 3.39. The van der Waals surface area contributed by atoms with Crippen molar-refractivity contribution in [1.29, 1.82) is 5.26 Å². The van der Waals surface area contributed by atoms with Gasteiger partial charge in [-0.05, 0) is 43.3 Å². The molecule has 0 amide bonds. The van der Waals surface area contributed by atoms with E-state index in [1.807, 2.05) is 37.3 Å². The Balaban J connectivity index is 1.65. The summed E-state index contributed by atoms with van der Waals surface area (Å²) in [5.41, 5.74) is 3.20. The lowest BCUT2D eigenvalue weighted by molar-refractivity contribution is 0.340. The van der Waals surface area contributed by atoms with Gasteiger partial charge in [0.15, 0.2) is 5.65 Å². The highest BCUT2D eigenvalue weighted by atomic mass is 16.5. The Kier molecular flexibility index (Phi) is 4.33. The average molecular weight is 357 g/mol. The van der Waals surface area contributed by atoms with Gasteiger partial charge in [-0.1, -0.05) is 0 Å². The second kappa shape index (κ2) is 7.09. The number of pyridine rings is 1. The number of hydrogen-bond acceptors (Lipinski definition) is 7. The lowest BCUT2D eigenvalue weighted by Crippen LogP contribution is -1.95. The minimum atomic E-state index is 0.352. The predicted molar refractivity (Wildman–Crippen MR) is 99.6 cm³/mol. The van der Waals surface area contributed by atoms with Crippen LogP contribution in [0, 0.1) is 11.3 Å². The number of ether oxygens (including phenoxy) is 1. The van der Waals surface area contributed by atoms with Crippen molar-refractivity contribution >= 4 is 17.3 Å². The van der Waals surface area contributed by atoms with Gasteiger partial charge < -0.3 is 10.1 Å². The summed E-state index contributed by atoms with van der Waals surface area (Å²) in [4.78, 5) is 13.0. The number of nitrogens with zero attached hydrogens (tertiary/aromatic N) is 6. The average Bonchev–Trinajstić information content (AvgIpc) is 3.12. The summed E-state index contributed by atoms with van der Waals surface area (Å²) in [6.07, 6.45) is 4.98. The molecule has 27 heavy (non-hydrogen) atoms. The highest BCUT2D eigenvalue weighted by molar-refractivity contribution is 5.74. The molecule has 3 aromatic heterocycles. The van der Waals surface area contributed by atoms with Gasteiger partial charge >= 0.3 is 0 Å². The van der Waals surface area contributed by atoms with Crippen LogP contribution in [-0.4, -0.2) is 31.2 Å². The summed E-state index contributed by atoms with van der Waals surface area (Å²) in [5, 5.41) is 16.5. The van der Waals surface area contributed by atoms with Crippen molar-refractivity contribution < 1.29 is 4.74 Å². The van der Waals surface area contributed by atoms with E-state index >= 15 is 0 Å². The molecule has 0 spiro atoms. The van der Waals surface area contributed by atoms with Gasteiger partial charge in [0.05, 0.1) is 6.61 Å². The van der Waals surface area contributed by atoms with Gasteiger partial charge in [0, 0.05) is 29.8 Å². The zero-order chi connectivity index (χ0) is 18.6. The van der Waals surface area contributed by atoms with Gasteiger partial charge in [0.1, 0.15) is 23.2 Å². The van der Waals surface area contributed by atoms with E-state index in [-0.39, 0.29) is 0 Å². The Morgan fingerprint density at radius 3 is 2.70 bits per heavy atom. The summed E-state index contributed by atoms with van der Waals surface area (Å²) >= 11 is 0. The van der Waals surface area contributed by atoms with Crippen molar-refractivity contribution in [2.24, 2.45) is 0 Å². The molecule has 1 aromatic carbocycles. The first kappa shape index (κ1) is 16.5. The molecule has 4 aromatic rings. The van der Waals surface area contributed by atoms with E-state index in [2.05, 4.69) is 25.4 Å². The van der Waals surface area contributed by atoms with Crippen LogP contribution in [0.25, 0.3) is 16.9 Å². The molecule has 0 aliphatic rings. The van der Waals surface area contributed by atoms with Gasteiger partial charge in [0.2, 0.25) is 5.95 Å². The first-order chi connectivity index (χ1) is 13.3. The van der Waals surface area contributed by atoms with Crippen molar-refractivity contribution in [3.8, 4) is 23.1 Å². The summed E-state index contributed by atoms with van der Waals surface area (Å²) in [5.74, 6) is 1.26. The summed E-state index contributed by atoms with van der Waals surface area (Å²) in [7, 11) is 0. The summed E-state index contributed by atoms with van der Waals surface area (Å²) in [6, 6.07) is 13.0. The highest BCUT2D eigenvalue weighted by Crippen LogP contribution is 2.23. The number of benzene rings is 1. The SMILES string of the molecule is CCOc1ccc(Nc2nc3c(-c4ccc(C#N)nc4)nccn3n2)cc1. The number of hydrogen-bond donors (Lipinski definition) is 1. The van der Waals surface area contributed by atoms with Gasteiger partial charge in [-0.15, -0.1) is 5.10 Å². The summed E-state index contributed by atoms with van der Waals surface area (Å²) in [6.45, 7) is 2.57. The molecule has 0 fully saturated rings. The maximum absolute atomic E-state index is 8.89. The molecule has 8 heteroatoms.